The van der Waals surface area contributed by atoms with Crippen LogP contribution in [0.1, 0.15) is 30.9 Å². The molecule has 0 aromatic carbocycles. The second-order valence-electron chi connectivity index (χ2n) is 3.32. The molecule has 1 aliphatic carbocycles. The molecule has 1 aromatic heterocycles. The third kappa shape index (κ3) is 1.86. The molecular weight excluding hydrogens is 164 g/mol. The lowest BCUT2D eigenvalue weighted by molar-refractivity contribution is 0.598. The summed E-state index contributed by atoms with van der Waals surface area (Å²) < 4.78 is 0. The van der Waals surface area contributed by atoms with Gasteiger partial charge in [-0.3, -0.25) is 4.79 Å². The van der Waals surface area contributed by atoms with Crippen LogP contribution in [0.5, 0.6) is 0 Å². The summed E-state index contributed by atoms with van der Waals surface area (Å²) in [5, 5.41) is 0. The summed E-state index contributed by atoms with van der Waals surface area (Å²) in [5.74, 6) is 0.437. The molecule has 3 heteroatoms. The van der Waals surface area contributed by atoms with Crippen molar-refractivity contribution in [1.29, 1.82) is 0 Å². The van der Waals surface area contributed by atoms with E-state index in [1.807, 2.05) is 0 Å². The summed E-state index contributed by atoms with van der Waals surface area (Å²) in [6.45, 7) is 0. The van der Waals surface area contributed by atoms with Crippen LogP contribution >= 0.6 is 0 Å². The standard InChI is InChI=1S/C10H12N2O/c13-10-6-9(11-7-12-10)8-4-2-1-3-5-8/h1-2,6-8H,3-5H2,(H,11,12,13). The zero-order valence-electron chi connectivity index (χ0n) is 7.36. The van der Waals surface area contributed by atoms with E-state index >= 15 is 0 Å². The first-order valence-corrected chi connectivity index (χ1v) is 4.56. The van der Waals surface area contributed by atoms with E-state index < -0.39 is 0 Å². The molecule has 68 valence electrons. The molecule has 0 spiro atoms. The Morgan fingerprint density at radius 3 is 3.08 bits per heavy atom. The molecule has 0 aliphatic heterocycles. The van der Waals surface area contributed by atoms with Gasteiger partial charge < -0.3 is 4.98 Å². The van der Waals surface area contributed by atoms with Gasteiger partial charge in [-0.2, -0.15) is 0 Å². The van der Waals surface area contributed by atoms with E-state index in [1.165, 1.54) is 6.33 Å². The van der Waals surface area contributed by atoms with Crippen LogP contribution in [0.25, 0.3) is 0 Å². The Morgan fingerprint density at radius 2 is 2.38 bits per heavy atom. The molecular formula is C10H12N2O. The minimum absolute atomic E-state index is 0.0560. The van der Waals surface area contributed by atoms with E-state index in [4.69, 9.17) is 0 Å². The van der Waals surface area contributed by atoms with Gasteiger partial charge in [0.2, 0.25) is 0 Å². The van der Waals surface area contributed by atoms with Crippen molar-refractivity contribution in [2.75, 3.05) is 0 Å². The van der Waals surface area contributed by atoms with Crippen molar-refractivity contribution in [2.45, 2.75) is 25.2 Å². The van der Waals surface area contributed by atoms with Crippen LogP contribution in [-0.4, -0.2) is 9.97 Å². The summed E-state index contributed by atoms with van der Waals surface area (Å²) in [5.41, 5.74) is 0.868. The Morgan fingerprint density at radius 1 is 1.46 bits per heavy atom. The summed E-state index contributed by atoms with van der Waals surface area (Å²) in [4.78, 5) is 17.7. The number of hydrogen-bond donors (Lipinski definition) is 1. The predicted octanol–water partition coefficient (Wildman–Crippen LogP) is 1.59. The maximum atomic E-state index is 11.0. The van der Waals surface area contributed by atoms with Gasteiger partial charge in [0.1, 0.15) is 0 Å². The van der Waals surface area contributed by atoms with Gasteiger partial charge >= 0.3 is 0 Å². The summed E-state index contributed by atoms with van der Waals surface area (Å²) in [6.07, 6.45) is 9.04. The molecule has 0 radical (unpaired) electrons. The molecule has 1 N–H and O–H groups in total. The summed E-state index contributed by atoms with van der Waals surface area (Å²) in [6, 6.07) is 1.60. The number of H-pyrrole nitrogens is 1. The Balaban J connectivity index is 2.24. The Hall–Kier alpha value is -1.38. The predicted molar refractivity (Wildman–Crippen MR) is 50.6 cm³/mol. The van der Waals surface area contributed by atoms with Crippen LogP contribution in [0, 0.1) is 0 Å². The number of rotatable bonds is 1. The van der Waals surface area contributed by atoms with E-state index in [-0.39, 0.29) is 5.56 Å². The molecule has 0 amide bonds. The maximum absolute atomic E-state index is 11.0. The molecule has 1 heterocycles. The summed E-state index contributed by atoms with van der Waals surface area (Å²) in [7, 11) is 0. The highest BCUT2D eigenvalue weighted by Gasteiger charge is 2.13. The average Bonchev–Trinajstić information content (AvgIpc) is 2.19. The second-order valence-corrected chi connectivity index (χ2v) is 3.32. The molecule has 3 nitrogen and oxygen atoms in total. The van der Waals surface area contributed by atoms with E-state index in [2.05, 4.69) is 22.1 Å². The van der Waals surface area contributed by atoms with Gasteiger partial charge in [0, 0.05) is 12.0 Å². The zero-order valence-corrected chi connectivity index (χ0v) is 7.36. The van der Waals surface area contributed by atoms with Crippen molar-refractivity contribution in [3.8, 4) is 0 Å². The van der Waals surface area contributed by atoms with Crippen LogP contribution in [0.2, 0.25) is 0 Å². The molecule has 1 aromatic rings. The quantitative estimate of drug-likeness (QED) is 0.660. The van der Waals surface area contributed by atoms with Crippen LogP contribution in [0.4, 0.5) is 0 Å². The average molecular weight is 176 g/mol. The molecule has 0 bridgehead atoms. The first-order chi connectivity index (χ1) is 6.36. The fourth-order valence-corrected chi connectivity index (χ4v) is 1.67. The highest BCUT2D eigenvalue weighted by molar-refractivity contribution is 5.10. The molecule has 2 rings (SSSR count). The van der Waals surface area contributed by atoms with E-state index in [9.17, 15) is 4.79 Å². The van der Waals surface area contributed by atoms with Crippen molar-refractivity contribution in [2.24, 2.45) is 0 Å². The number of nitrogens with one attached hydrogen (secondary N) is 1. The van der Waals surface area contributed by atoms with Crippen molar-refractivity contribution in [1.82, 2.24) is 9.97 Å². The number of aromatic nitrogens is 2. The normalized spacial score (nSPS) is 21.7. The lowest BCUT2D eigenvalue weighted by atomic mass is 9.91. The molecule has 13 heavy (non-hydrogen) atoms. The van der Waals surface area contributed by atoms with Crippen molar-refractivity contribution >= 4 is 0 Å². The van der Waals surface area contributed by atoms with E-state index in [0.29, 0.717) is 5.92 Å². The van der Waals surface area contributed by atoms with Crippen LogP contribution in [-0.2, 0) is 0 Å². The highest BCUT2D eigenvalue weighted by Crippen LogP contribution is 2.26. The van der Waals surface area contributed by atoms with E-state index in [1.54, 1.807) is 6.07 Å². The smallest absolute Gasteiger partial charge is 0.250 e. The van der Waals surface area contributed by atoms with Crippen LogP contribution in [0.15, 0.2) is 29.3 Å². The molecule has 0 fully saturated rings. The fourth-order valence-electron chi connectivity index (χ4n) is 1.67. The van der Waals surface area contributed by atoms with Gasteiger partial charge in [0.15, 0.2) is 0 Å². The topological polar surface area (TPSA) is 45.8 Å². The number of hydrogen-bond acceptors (Lipinski definition) is 2. The van der Waals surface area contributed by atoms with Gasteiger partial charge in [-0.05, 0) is 19.3 Å². The first kappa shape index (κ1) is 8.23. The third-order valence-electron chi connectivity index (χ3n) is 2.39. The Kier molecular flexibility index (Phi) is 2.25. The molecule has 1 aliphatic rings. The first-order valence-electron chi connectivity index (χ1n) is 4.56. The van der Waals surface area contributed by atoms with Gasteiger partial charge in [0.05, 0.1) is 12.0 Å². The molecule has 1 atom stereocenters. The van der Waals surface area contributed by atoms with Crippen molar-refractivity contribution in [3.05, 3.63) is 40.6 Å². The molecule has 0 saturated carbocycles. The third-order valence-corrected chi connectivity index (χ3v) is 2.39. The SMILES string of the molecule is O=c1cc(C2CC=CCC2)nc[nH]1. The number of allylic oxidation sites excluding steroid dienone is 2. The zero-order chi connectivity index (χ0) is 9.10. The van der Waals surface area contributed by atoms with Gasteiger partial charge in [-0.1, -0.05) is 12.2 Å². The highest BCUT2D eigenvalue weighted by atomic mass is 16.1. The maximum Gasteiger partial charge on any atom is 0.250 e. The van der Waals surface area contributed by atoms with Gasteiger partial charge in [0.25, 0.3) is 5.56 Å². The molecule has 0 saturated heterocycles. The van der Waals surface area contributed by atoms with E-state index in [0.717, 1.165) is 25.0 Å². The van der Waals surface area contributed by atoms with Crippen LogP contribution < -0.4 is 5.56 Å². The number of aromatic amines is 1. The van der Waals surface area contributed by atoms with Crippen molar-refractivity contribution in [3.63, 3.8) is 0 Å². The lowest BCUT2D eigenvalue weighted by Crippen LogP contribution is -2.11. The van der Waals surface area contributed by atoms with Gasteiger partial charge in [-0.25, -0.2) is 4.98 Å². The molecule has 1 unspecified atom stereocenters. The van der Waals surface area contributed by atoms with Crippen molar-refractivity contribution < 1.29 is 0 Å². The summed E-state index contributed by atoms with van der Waals surface area (Å²) >= 11 is 0. The van der Waals surface area contributed by atoms with Gasteiger partial charge in [-0.15, -0.1) is 0 Å². The Bertz CT molecular complexity index is 367. The lowest BCUT2D eigenvalue weighted by Gasteiger charge is -2.15. The Labute approximate surface area is 76.5 Å². The minimum Gasteiger partial charge on any atom is -0.313 e. The minimum atomic E-state index is -0.0560. The fraction of sp³-hybridized carbons (Fsp3) is 0.400. The largest absolute Gasteiger partial charge is 0.313 e. The second kappa shape index (κ2) is 3.56. The monoisotopic (exact) mass is 176 g/mol. The van der Waals surface area contributed by atoms with Crippen LogP contribution in [0.3, 0.4) is 0 Å². The number of nitrogens with zero attached hydrogens (tertiary/aromatic N) is 1.